The van der Waals surface area contributed by atoms with Gasteiger partial charge in [0.1, 0.15) is 0 Å². The Morgan fingerprint density at radius 2 is 2.40 bits per heavy atom. The lowest BCUT2D eigenvalue weighted by Crippen LogP contribution is -2.42. The fourth-order valence-electron chi connectivity index (χ4n) is 1.92. The Balaban J connectivity index is 2.18. The lowest BCUT2D eigenvalue weighted by molar-refractivity contribution is 0.506. The molecule has 0 aliphatic carbocycles. The molecule has 1 aliphatic rings. The molecule has 2 N–H and O–H groups in total. The number of nitrogens with zero attached hydrogens (tertiary/aromatic N) is 2. The number of nitrogens with two attached hydrogens (primary N) is 1. The molecule has 1 saturated heterocycles. The van der Waals surface area contributed by atoms with Crippen molar-refractivity contribution in [2.45, 2.75) is 18.9 Å². The minimum atomic E-state index is 0.272. The third-order valence-electron chi connectivity index (χ3n) is 2.71. The molecule has 0 amide bonds. The van der Waals surface area contributed by atoms with Gasteiger partial charge in [0.2, 0.25) is 0 Å². The number of hydrogen-bond acceptors (Lipinski definition) is 3. The molecule has 3 nitrogen and oxygen atoms in total. The van der Waals surface area contributed by atoms with Gasteiger partial charge in [-0.1, -0.05) is 5.92 Å². The molecule has 3 heteroatoms. The van der Waals surface area contributed by atoms with E-state index in [4.69, 9.17) is 12.2 Å². The van der Waals surface area contributed by atoms with E-state index in [1.807, 2.05) is 12.3 Å². The summed E-state index contributed by atoms with van der Waals surface area (Å²) in [7, 11) is 0. The van der Waals surface area contributed by atoms with Gasteiger partial charge in [0.25, 0.3) is 0 Å². The van der Waals surface area contributed by atoms with Crippen LogP contribution in [-0.2, 0) is 0 Å². The Morgan fingerprint density at radius 3 is 3.13 bits per heavy atom. The zero-order chi connectivity index (χ0) is 10.7. The normalized spacial score (nSPS) is 21.1. The van der Waals surface area contributed by atoms with Gasteiger partial charge in [-0.05, 0) is 18.9 Å². The molecule has 0 radical (unpaired) electrons. The molecular formula is C12H15N3. The maximum absolute atomic E-state index is 5.93. The van der Waals surface area contributed by atoms with Crippen LogP contribution in [0, 0.1) is 12.3 Å². The number of pyridine rings is 1. The van der Waals surface area contributed by atoms with Crippen LogP contribution in [0.25, 0.3) is 0 Å². The molecule has 1 aliphatic heterocycles. The van der Waals surface area contributed by atoms with E-state index in [1.54, 1.807) is 6.20 Å². The summed E-state index contributed by atoms with van der Waals surface area (Å²) in [5, 5.41) is 0. The van der Waals surface area contributed by atoms with Crippen LogP contribution < -0.4 is 10.6 Å². The van der Waals surface area contributed by atoms with Crippen molar-refractivity contribution in [2.75, 3.05) is 18.0 Å². The smallest absolute Gasteiger partial charge is 0.0565 e. The third-order valence-corrected chi connectivity index (χ3v) is 2.71. The van der Waals surface area contributed by atoms with Gasteiger partial charge >= 0.3 is 0 Å². The van der Waals surface area contributed by atoms with Crippen LogP contribution in [0.3, 0.4) is 0 Å². The third kappa shape index (κ3) is 2.28. The SMILES string of the molecule is C#Cc1cncc(N2CCC[C@@H](N)C2)c1. The molecule has 15 heavy (non-hydrogen) atoms. The zero-order valence-corrected chi connectivity index (χ0v) is 8.69. The summed E-state index contributed by atoms with van der Waals surface area (Å²) in [4.78, 5) is 6.38. The van der Waals surface area contributed by atoms with E-state index in [9.17, 15) is 0 Å². The van der Waals surface area contributed by atoms with Gasteiger partial charge in [0.05, 0.1) is 11.9 Å². The minimum absolute atomic E-state index is 0.272. The summed E-state index contributed by atoms with van der Waals surface area (Å²) in [5.74, 6) is 2.60. The summed E-state index contributed by atoms with van der Waals surface area (Å²) in [6.07, 6.45) is 11.1. The van der Waals surface area contributed by atoms with Gasteiger partial charge in [-0.3, -0.25) is 4.98 Å². The van der Waals surface area contributed by atoms with Crippen LogP contribution in [-0.4, -0.2) is 24.1 Å². The van der Waals surface area contributed by atoms with Crippen LogP contribution >= 0.6 is 0 Å². The number of rotatable bonds is 1. The second-order valence-electron chi connectivity index (χ2n) is 3.92. The first-order chi connectivity index (χ1) is 7.29. The van der Waals surface area contributed by atoms with Gasteiger partial charge < -0.3 is 10.6 Å². The highest BCUT2D eigenvalue weighted by molar-refractivity contribution is 5.50. The predicted molar refractivity (Wildman–Crippen MR) is 61.6 cm³/mol. The summed E-state index contributed by atoms with van der Waals surface area (Å²) in [6.45, 7) is 1.94. The second-order valence-corrected chi connectivity index (χ2v) is 3.92. The summed E-state index contributed by atoms with van der Waals surface area (Å²) in [5.41, 5.74) is 7.84. The van der Waals surface area contributed by atoms with E-state index in [1.165, 1.54) is 0 Å². The van der Waals surface area contributed by atoms with Crippen molar-refractivity contribution in [3.8, 4) is 12.3 Å². The molecule has 2 heterocycles. The maximum atomic E-state index is 5.93. The molecule has 0 bridgehead atoms. The maximum Gasteiger partial charge on any atom is 0.0565 e. The van der Waals surface area contributed by atoms with Gasteiger partial charge in [-0.25, -0.2) is 0 Å². The van der Waals surface area contributed by atoms with Gasteiger partial charge in [0, 0.05) is 30.9 Å². The first-order valence-corrected chi connectivity index (χ1v) is 5.22. The Labute approximate surface area is 90.3 Å². The van der Waals surface area contributed by atoms with Gasteiger partial charge in [-0.2, -0.15) is 0 Å². The van der Waals surface area contributed by atoms with E-state index in [2.05, 4.69) is 15.8 Å². The Bertz CT molecular complexity index is 381. The molecule has 0 spiro atoms. The summed E-state index contributed by atoms with van der Waals surface area (Å²) in [6, 6.07) is 2.26. The number of terminal acetylenes is 1. The molecule has 1 aromatic rings. The Hall–Kier alpha value is -1.53. The van der Waals surface area contributed by atoms with Crippen LogP contribution in [0.2, 0.25) is 0 Å². The van der Waals surface area contributed by atoms with E-state index in [0.29, 0.717) is 0 Å². The fraction of sp³-hybridized carbons (Fsp3) is 0.417. The summed E-state index contributed by atoms with van der Waals surface area (Å²) < 4.78 is 0. The predicted octanol–water partition coefficient (Wildman–Crippen LogP) is 0.990. The van der Waals surface area contributed by atoms with Crippen LogP contribution in [0.15, 0.2) is 18.5 Å². The standard InChI is InChI=1S/C12H15N3/c1-2-10-6-12(8-14-7-10)15-5-3-4-11(13)9-15/h1,6-8,11H,3-5,9,13H2/t11-/m1/s1. The summed E-state index contributed by atoms with van der Waals surface area (Å²) >= 11 is 0. The Kier molecular flexibility index (Phi) is 2.89. The van der Waals surface area contributed by atoms with Crippen molar-refractivity contribution < 1.29 is 0 Å². The highest BCUT2D eigenvalue weighted by Crippen LogP contribution is 2.18. The minimum Gasteiger partial charge on any atom is -0.369 e. The van der Waals surface area contributed by atoms with E-state index < -0.39 is 0 Å². The molecular weight excluding hydrogens is 186 g/mol. The monoisotopic (exact) mass is 201 g/mol. The average molecular weight is 201 g/mol. The number of aromatic nitrogens is 1. The quantitative estimate of drug-likeness (QED) is 0.689. The lowest BCUT2D eigenvalue weighted by atomic mass is 10.1. The molecule has 1 fully saturated rings. The lowest BCUT2D eigenvalue weighted by Gasteiger charge is -2.32. The topological polar surface area (TPSA) is 42.2 Å². The molecule has 0 aromatic carbocycles. The molecule has 0 saturated carbocycles. The van der Waals surface area contributed by atoms with Crippen LogP contribution in [0.5, 0.6) is 0 Å². The number of hydrogen-bond donors (Lipinski definition) is 1. The molecule has 1 aromatic heterocycles. The highest BCUT2D eigenvalue weighted by Gasteiger charge is 2.16. The first kappa shape index (κ1) is 10.0. The first-order valence-electron chi connectivity index (χ1n) is 5.22. The van der Waals surface area contributed by atoms with Crippen molar-refractivity contribution in [3.63, 3.8) is 0 Å². The highest BCUT2D eigenvalue weighted by atomic mass is 15.2. The molecule has 1 atom stereocenters. The largest absolute Gasteiger partial charge is 0.369 e. The van der Waals surface area contributed by atoms with E-state index in [0.717, 1.165) is 37.2 Å². The molecule has 0 unspecified atom stereocenters. The van der Waals surface area contributed by atoms with Crippen LogP contribution in [0.4, 0.5) is 5.69 Å². The van der Waals surface area contributed by atoms with Crippen molar-refractivity contribution >= 4 is 5.69 Å². The number of piperidine rings is 1. The average Bonchev–Trinajstić information content (AvgIpc) is 2.29. The zero-order valence-electron chi connectivity index (χ0n) is 8.69. The molecule has 2 rings (SSSR count). The van der Waals surface area contributed by atoms with E-state index >= 15 is 0 Å². The van der Waals surface area contributed by atoms with Gasteiger partial charge in [-0.15, -0.1) is 6.42 Å². The van der Waals surface area contributed by atoms with Crippen molar-refractivity contribution in [3.05, 3.63) is 24.0 Å². The van der Waals surface area contributed by atoms with Crippen molar-refractivity contribution in [2.24, 2.45) is 5.73 Å². The second kappa shape index (κ2) is 4.33. The number of anilines is 1. The fourth-order valence-corrected chi connectivity index (χ4v) is 1.92. The molecule has 78 valence electrons. The van der Waals surface area contributed by atoms with E-state index in [-0.39, 0.29) is 6.04 Å². The van der Waals surface area contributed by atoms with Crippen molar-refractivity contribution in [1.82, 2.24) is 4.98 Å². The van der Waals surface area contributed by atoms with Crippen molar-refractivity contribution in [1.29, 1.82) is 0 Å². The van der Waals surface area contributed by atoms with Gasteiger partial charge in [0.15, 0.2) is 0 Å². The van der Waals surface area contributed by atoms with Crippen LogP contribution in [0.1, 0.15) is 18.4 Å². The Morgan fingerprint density at radius 1 is 1.53 bits per heavy atom.